The lowest BCUT2D eigenvalue weighted by atomic mass is 10.1. The molecule has 2 aromatic heterocycles. The molecule has 0 radical (unpaired) electrons. The summed E-state index contributed by atoms with van der Waals surface area (Å²) in [4.78, 5) is 26.5. The average molecular weight is 410 g/mol. The van der Waals surface area contributed by atoms with Crippen molar-refractivity contribution in [2.75, 3.05) is 27.1 Å². The van der Waals surface area contributed by atoms with E-state index in [9.17, 15) is 9.59 Å². The van der Waals surface area contributed by atoms with Crippen molar-refractivity contribution in [1.82, 2.24) is 4.57 Å². The molecule has 0 saturated carbocycles. The van der Waals surface area contributed by atoms with Crippen LogP contribution < -0.4 is 20.8 Å². The number of benzene rings is 2. The molecule has 0 aliphatic carbocycles. The average Bonchev–Trinajstić information content (AvgIpc) is 3.10. The number of nitrogen functional groups attached to an aromatic ring is 1. The minimum atomic E-state index is -0.543. The molecule has 0 spiro atoms. The van der Waals surface area contributed by atoms with Crippen LogP contribution in [0.15, 0.2) is 47.3 Å². The number of carbonyl (C=O) groups is 1. The zero-order valence-corrected chi connectivity index (χ0v) is 16.8. The van der Waals surface area contributed by atoms with Gasteiger partial charge >= 0.3 is 5.97 Å². The van der Waals surface area contributed by atoms with Crippen molar-refractivity contribution >= 4 is 44.0 Å². The third-order valence-corrected chi connectivity index (χ3v) is 5.93. The third-order valence-electron chi connectivity index (χ3n) is 4.76. The van der Waals surface area contributed by atoms with Gasteiger partial charge in [-0.05, 0) is 47.9 Å². The molecule has 0 aliphatic heterocycles. The number of nitrogens with zero attached hydrogens (tertiary/aromatic N) is 1. The lowest BCUT2D eigenvalue weighted by Gasteiger charge is -2.12. The Bertz CT molecular complexity index is 1310. The van der Waals surface area contributed by atoms with Crippen molar-refractivity contribution in [2.45, 2.75) is 0 Å². The van der Waals surface area contributed by atoms with Gasteiger partial charge in [0.05, 0.1) is 38.1 Å². The standard InChI is InChI=1S/C21H18N2O5S/c1-26-12-6-4-11(5-7-12)23-19(24)15-10-13(27-2)8-9-14(15)16-17(22)18(21(25)28-3)29-20(16)23/h4-10H,22H2,1-3H3. The van der Waals surface area contributed by atoms with E-state index in [0.717, 1.165) is 11.3 Å². The molecule has 4 rings (SSSR count). The Kier molecular flexibility index (Phi) is 4.63. The number of carbonyl (C=O) groups excluding carboxylic acids is 1. The van der Waals surface area contributed by atoms with Crippen LogP contribution >= 0.6 is 11.3 Å². The second-order valence-electron chi connectivity index (χ2n) is 6.27. The SMILES string of the molecule is COC(=O)c1sc2c(c1N)c1ccc(OC)cc1c(=O)n2-c1ccc(OC)cc1. The molecule has 0 atom stereocenters. The summed E-state index contributed by atoms with van der Waals surface area (Å²) in [6.45, 7) is 0. The van der Waals surface area contributed by atoms with Crippen LogP contribution in [0.4, 0.5) is 5.69 Å². The van der Waals surface area contributed by atoms with E-state index in [4.69, 9.17) is 19.9 Å². The normalized spacial score (nSPS) is 11.0. The Morgan fingerprint density at radius 1 is 0.966 bits per heavy atom. The van der Waals surface area contributed by atoms with E-state index in [0.29, 0.717) is 38.2 Å². The van der Waals surface area contributed by atoms with Gasteiger partial charge in [-0.2, -0.15) is 0 Å². The highest BCUT2D eigenvalue weighted by atomic mass is 32.1. The molecule has 2 N–H and O–H groups in total. The van der Waals surface area contributed by atoms with Gasteiger partial charge in [0.2, 0.25) is 0 Å². The highest BCUT2D eigenvalue weighted by Gasteiger charge is 2.23. The first-order valence-corrected chi connectivity index (χ1v) is 9.49. The number of methoxy groups -OCH3 is 3. The van der Waals surface area contributed by atoms with Crippen LogP contribution in [0.25, 0.3) is 26.7 Å². The predicted octanol–water partition coefficient (Wildman–Crippen LogP) is 3.59. The van der Waals surface area contributed by atoms with Crippen molar-refractivity contribution in [3.05, 3.63) is 57.7 Å². The Hall–Kier alpha value is -3.52. The molecule has 2 heterocycles. The van der Waals surface area contributed by atoms with E-state index in [1.165, 1.54) is 14.2 Å². The first-order valence-electron chi connectivity index (χ1n) is 8.67. The Labute approximate surface area is 169 Å². The summed E-state index contributed by atoms with van der Waals surface area (Å²) < 4.78 is 16.9. The number of fused-ring (bicyclic) bond motifs is 3. The quantitative estimate of drug-likeness (QED) is 0.517. The van der Waals surface area contributed by atoms with E-state index in [1.54, 1.807) is 54.1 Å². The smallest absolute Gasteiger partial charge is 0.350 e. The number of pyridine rings is 1. The van der Waals surface area contributed by atoms with Crippen molar-refractivity contribution in [2.24, 2.45) is 0 Å². The number of anilines is 1. The lowest BCUT2D eigenvalue weighted by molar-refractivity contribution is 0.0607. The second-order valence-corrected chi connectivity index (χ2v) is 7.27. The largest absolute Gasteiger partial charge is 0.497 e. The van der Waals surface area contributed by atoms with Gasteiger partial charge in [0.15, 0.2) is 0 Å². The van der Waals surface area contributed by atoms with Crippen LogP contribution in [0, 0.1) is 0 Å². The minimum Gasteiger partial charge on any atom is -0.497 e. The molecule has 0 unspecified atom stereocenters. The van der Waals surface area contributed by atoms with Gasteiger partial charge in [-0.15, -0.1) is 11.3 Å². The number of hydrogen-bond acceptors (Lipinski definition) is 7. The summed E-state index contributed by atoms with van der Waals surface area (Å²) >= 11 is 1.13. The van der Waals surface area contributed by atoms with E-state index in [-0.39, 0.29) is 16.1 Å². The van der Waals surface area contributed by atoms with Gasteiger partial charge in [0, 0.05) is 5.39 Å². The first kappa shape index (κ1) is 18.8. The van der Waals surface area contributed by atoms with Crippen LogP contribution in [0.3, 0.4) is 0 Å². The Balaban J connectivity index is 2.17. The second kappa shape index (κ2) is 7.14. The summed E-state index contributed by atoms with van der Waals surface area (Å²) in [5.74, 6) is 0.678. The molecule has 0 bridgehead atoms. The molecule has 29 heavy (non-hydrogen) atoms. The zero-order chi connectivity index (χ0) is 20.7. The Morgan fingerprint density at radius 3 is 2.24 bits per heavy atom. The van der Waals surface area contributed by atoms with Crippen molar-refractivity contribution < 1.29 is 19.0 Å². The predicted molar refractivity (Wildman–Crippen MR) is 114 cm³/mol. The maximum atomic E-state index is 13.5. The number of rotatable bonds is 4. The molecule has 2 aromatic carbocycles. The van der Waals surface area contributed by atoms with Crippen LogP contribution in [-0.4, -0.2) is 31.9 Å². The molecule has 0 saturated heterocycles. The van der Waals surface area contributed by atoms with Gasteiger partial charge in [0.1, 0.15) is 21.2 Å². The maximum Gasteiger partial charge on any atom is 0.350 e. The molecule has 148 valence electrons. The highest BCUT2D eigenvalue weighted by molar-refractivity contribution is 7.21. The molecule has 4 aromatic rings. The summed E-state index contributed by atoms with van der Waals surface area (Å²) in [5, 5.41) is 1.72. The molecule has 0 aliphatic rings. The molecule has 7 nitrogen and oxygen atoms in total. The van der Waals surface area contributed by atoms with E-state index in [2.05, 4.69) is 0 Å². The van der Waals surface area contributed by atoms with E-state index < -0.39 is 5.97 Å². The minimum absolute atomic E-state index is 0.241. The fraction of sp³-hybridized carbons (Fsp3) is 0.143. The van der Waals surface area contributed by atoms with Gasteiger partial charge in [0.25, 0.3) is 5.56 Å². The summed E-state index contributed by atoms with van der Waals surface area (Å²) in [6, 6.07) is 12.3. The highest BCUT2D eigenvalue weighted by Crippen LogP contribution is 2.39. The number of aromatic nitrogens is 1. The van der Waals surface area contributed by atoms with E-state index in [1.807, 2.05) is 0 Å². The molecular weight excluding hydrogens is 392 g/mol. The number of nitrogens with two attached hydrogens (primary N) is 1. The van der Waals surface area contributed by atoms with Gasteiger partial charge in [-0.1, -0.05) is 0 Å². The number of esters is 1. The number of ether oxygens (including phenoxy) is 3. The summed E-state index contributed by atoms with van der Waals surface area (Å²) in [6.07, 6.45) is 0. The van der Waals surface area contributed by atoms with Crippen molar-refractivity contribution in [1.29, 1.82) is 0 Å². The fourth-order valence-corrected chi connectivity index (χ4v) is 4.49. The maximum absolute atomic E-state index is 13.5. The lowest BCUT2D eigenvalue weighted by Crippen LogP contribution is -2.18. The van der Waals surface area contributed by atoms with Crippen molar-refractivity contribution in [3.8, 4) is 17.2 Å². The molecular formula is C21H18N2O5S. The monoisotopic (exact) mass is 410 g/mol. The van der Waals surface area contributed by atoms with E-state index >= 15 is 0 Å². The number of thiophene rings is 1. The molecule has 0 fully saturated rings. The summed E-state index contributed by atoms with van der Waals surface area (Å²) in [7, 11) is 4.41. The zero-order valence-electron chi connectivity index (χ0n) is 16.0. The topological polar surface area (TPSA) is 92.8 Å². The van der Waals surface area contributed by atoms with Crippen LogP contribution in [0.5, 0.6) is 11.5 Å². The van der Waals surface area contributed by atoms with Crippen LogP contribution in [0.1, 0.15) is 9.67 Å². The van der Waals surface area contributed by atoms with Crippen LogP contribution in [-0.2, 0) is 4.74 Å². The number of hydrogen-bond donors (Lipinski definition) is 1. The Morgan fingerprint density at radius 2 is 1.62 bits per heavy atom. The van der Waals surface area contributed by atoms with Crippen LogP contribution in [0.2, 0.25) is 0 Å². The van der Waals surface area contributed by atoms with Crippen molar-refractivity contribution in [3.63, 3.8) is 0 Å². The van der Waals surface area contributed by atoms with Gasteiger partial charge in [-0.25, -0.2) is 4.79 Å². The first-order chi connectivity index (χ1) is 14.0. The van der Waals surface area contributed by atoms with Gasteiger partial charge < -0.3 is 19.9 Å². The third kappa shape index (κ3) is 2.89. The molecule has 0 amide bonds. The van der Waals surface area contributed by atoms with Gasteiger partial charge in [-0.3, -0.25) is 9.36 Å². The molecule has 8 heteroatoms. The summed E-state index contributed by atoms with van der Waals surface area (Å²) in [5.41, 5.74) is 7.01. The fourth-order valence-electron chi connectivity index (χ4n) is 3.32.